The molecule has 3 aliphatic rings. The Morgan fingerprint density at radius 3 is 2.59 bits per heavy atom. The van der Waals surface area contributed by atoms with Crippen LogP contribution in [0.1, 0.15) is 48.0 Å². The van der Waals surface area contributed by atoms with Gasteiger partial charge in [-0.3, -0.25) is 9.59 Å². The number of amides is 3. The van der Waals surface area contributed by atoms with Gasteiger partial charge in [-0.2, -0.15) is 0 Å². The van der Waals surface area contributed by atoms with Gasteiger partial charge in [-0.15, -0.1) is 11.8 Å². The average Bonchev–Trinajstić information content (AvgIpc) is 3.25. The highest BCUT2D eigenvalue weighted by molar-refractivity contribution is 8.01. The summed E-state index contributed by atoms with van der Waals surface area (Å²) in [5.74, 6) is -0.991. The molecule has 5 rings (SSSR count). The average molecular weight is 486 g/mol. The van der Waals surface area contributed by atoms with E-state index in [1.807, 2.05) is 0 Å². The minimum Gasteiger partial charge on any atom is -0.334 e. The van der Waals surface area contributed by atoms with E-state index in [4.69, 9.17) is 0 Å². The number of ketones is 1. The predicted molar refractivity (Wildman–Crippen MR) is 125 cm³/mol. The van der Waals surface area contributed by atoms with Crippen LogP contribution in [0.2, 0.25) is 0 Å². The highest BCUT2D eigenvalue weighted by Crippen LogP contribution is 2.49. The molecule has 0 aromatic heterocycles. The summed E-state index contributed by atoms with van der Waals surface area (Å²) in [6.45, 7) is 1.75. The van der Waals surface area contributed by atoms with Crippen molar-refractivity contribution in [3.05, 3.63) is 59.2 Å². The molecule has 2 aromatic rings. The zero-order valence-corrected chi connectivity index (χ0v) is 19.4. The van der Waals surface area contributed by atoms with Crippen LogP contribution < -0.4 is 10.2 Å². The first kappa shape index (κ1) is 22.8. The molecule has 0 bridgehead atoms. The molecule has 0 unspecified atom stereocenters. The van der Waals surface area contributed by atoms with E-state index in [0.717, 1.165) is 10.5 Å². The smallest absolute Gasteiger partial charge is 0.317 e. The fraction of sp³-hybridized carbons (Fsp3) is 0.400. The number of nitrogens with zero attached hydrogens (tertiary/aromatic N) is 2. The summed E-state index contributed by atoms with van der Waals surface area (Å²) in [7, 11) is 0. The first-order chi connectivity index (χ1) is 16.3. The number of Topliss-reactive ketones (excluding diaryl/α,β-unsaturated/α-hetero) is 1. The number of thioether (sulfide) groups is 1. The second-order valence-corrected chi connectivity index (χ2v) is 10.6. The van der Waals surface area contributed by atoms with Crippen LogP contribution in [0.3, 0.4) is 0 Å². The van der Waals surface area contributed by atoms with Crippen LogP contribution in [0.4, 0.5) is 19.3 Å². The number of likely N-dealkylation sites (tertiary alicyclic amines) is 1. The molecule has 2 saturated heterocycles. The van der Waals surface area contributed by atoms with Crippen LogP contribution in [0.5, 0.6) is 0 Å². The Balaban J connectivity index is 1.18. The molecule has 9 heteroatoms. The maximum Gasteiger partial charge on any atom is 0.317 e. The molecule has 34 heavy (non-hydrogen) atoms. The number of fused-ring (bicyclic) bond motifs is 1. The van der Waals surface area contributed by atoms with Crippen LogP contribution in [0.15, 0.2) is 41.3 Å². The zero-order chi connectivity index (χ0) is 23.9. The summed E-state index contributed by atoms with van der Waals surface area (Å²) >= 11 is 1.62. The number of hydrogen-bond acceptors (Lipinski definition) is 4. The van der Waals surface area contributed by atoms with Gasteiger partial charge in [0.15, 0.2) is 5.78 Å². The van der Waals surface area contributed by atoms with Gasteiger partial charge in [-0.1, -0.05) is 6.07 Å². The van der Waals surface area contributed by atoms with Crippen molar-refractivity contribution in [3.63, 3.8) is 0 Å². The standard InChI is InChI=1S/C25H25F2N3O3S/c26-17-4-6-22-18(13-17)21(31)14-25(34-22)7-10-29(11-8-25)24(33)28-15-16-3-5-19(27)20(12-16)30-9-1-2-23(30)32/h3-6,12-13H,1-2,7-11,14-15H2,(H,28,33). The van der Waals surface area contributed by atoms with Crippen molar-refractivity contribution >= 4 is 35.2 Å². The van der Waals surface area contributed by atoms with Gasteiger partial charge < -0.3 is 15.1 Å². The van der Waals surface area contributed by atoms with Gasteiger partial charge in [0, 0.05) is 54.2 Å². The summed E-state index contributed by atoms with van der Waals surface area (Å²) in [5.41, 5.74) is 1.42. The van der Waals surface area contributed by atoms with Gasteiger partial charge in [0.1, 0.15) is 11.6 Å². The van der Waals surface area contributed by atoms with Gasteiger partial charge in [0.25, 0.3) is 0 Å². The Morgan fingerprint density at radius 1 is 1.06 bits per heavy atom. The highest BCUT2D eigenvalue weighted by Gasteiger charge is 2.42. The summed E-state index contributed by atoms with van der Waals surface area (Å²) in [6.07, 6.45) is 2.82. The van der Waals surface area contributed by atoms with Crippen molar-refractivity contribution in [2.75, 3.05) is 24.5 Å². The maximum absolute atomic E-state index is 14.3. The third-order valence-electron chi connectivity index (χ3n) is 6.83. The number of carbonyl (C=O) groups is 3. The second-order valence-electron chi connectivity index (χ2n) is 9.11. The van der Waals surface area contributed by atoms with E-state index < -0.39 is 11.6 Å². The van der Waals surface area contributed by atoms with E-state index >= 15 is 0 Å². The van der Waals surface area contributed by atoms with Crippen molar-refractivity contribution in [2.45, 2.75) is 48.3 Å². The Hall–Kier alpha value is -2.94. The fourth-order valence-corrected chi connectivity index (χ4v) is 6.41. The normalized spacial score (nSPS) is 19.5. The van der Waals surface area contributed by atoms with E-state index in [2.05, 4.69) is 5.32 Å². The molecular weight excluding hydrogens is 460 g/mol. The van der Waals surface area contributed by atoms with Crippen LogP contribution in [-0.4, -0.2) is 47.0 Å². The summed E-state index contributed by atoms with van der Waals surface area (Å²) in [5, 5.41) is 2.88. The van der Waals surface area contributed by atoms with Crippen molar-refractivity contribution in [3.8, 4) is 0 Å². The van der Waals surface area contributed by atoms with E-state index in [1.165, 1.54) is 23.1 Å². The Morgan fingerprint density at radius 2 is 1.85 bits per heavy atom. The number of nitrogens with one attached hydrogen (secondary N) is 1. The maximum atomic E-state index is 14.3. The molecule has 0 radical (unpaired) electrons. The predicted octanol–water partition coefficient (Wildman–Crippen LogP) is 4.51. The summed E-state index contributed by atoms with van der Waals surface area (Å²) in [4.78, 5) is 41.4. The van der Waals surface area contributed by atoms with E-state index in [-0.39, 0.29) is 34.7 Å². The summed E-state index contributed by atoms with van der Waals surface area (Å²) in [6, 6.07) is 8.69. The topological polar surface area (TPSA) is 69.7 Å². The lowest BCUT2D eigenvalue weighted by Gasteiger charge is -2.43. The quantitative estimate of drug-likeness (QED) is 0.694. The fourth-order valence-electron chi connectivity index (χ4n) is 4.93. The van der Waals surface area contributed by atoms with Gasteiger partial charge >= 0.3 is 6.03 Å². The van der Waals surface area contributed by atoms with Crippen molar-refractivity contribution in [1.82, 2.24) is 10.2 Å². The van der Waals surface area contributed by atoms with Gasteiger partial charge in [0.2, 0.25) is 5.91 Å². The largest absolute Gasteiger partial charge is 0.334 e. The number of rotatable bonds is 3. The molecule has 2 aromatic carbocycles. The molecule has 0 atom stereocenters. The van der Waals surface area contributed by atoms with Crippen molar-refractivity contribution in [2.24, 2.45) is 0 Å². The van der Waals surface area contributed by atoms with Crippen molar-refractivity contribution in [1.29, 1.82) is 0 Å². The number of halogens is 2. The lowest BCUT2D eigenvalue weighted by molar-refractivity contribution is -0.117. The molecule has 0 saturated carbocycles. The molecule has 3 heterocycles. The number of benzene rings is 2. The number of piperidine rings is 1. The van der Waals surface area contributed by atoms with Gasteiger partial charge in [-0.25, -0.2) is 13.6 Å². The van der Waals surface area contributed by atoms with Crippen LogP contribution in [0, 0.1) is 11.6 Å². The Bertz CT molecular complexity index is 1160. The Labute approximate surface area is 200 Å². The van der Waals surface area contributed by atoms with E-state index in [0.29, 0.717) is 57.3 Å². The lowest BCUT2D eigenvalue weighted by atomic mass is 9.88. The number of carbonyl (C=O) groups excluding carboxylic acids is 3. The monoisotopic (exact) mass is 485 g/mol. The molecular formula is C25H25F2N3O3S. The zero-order valence-electron chi connectivity index (χ0n) is 18.6. The van der Waals surface area contributed by atoms with Crippen molar-refractivity contribution < 1.29 is 23.2 Å². The molecule has 3 aliphatic heterocycles. The molecule has 178 valence electrons. The molecule has 1 N–H and O–H groups in total. The third kappa shape index (κ3) is 4.41. The number of urea groups is 1. The lowest BCUT2D eigenvalue weighted by Crippen LogP contribution is -2.49. The van der Waals surface area contributed by atoms with Gasteiger partial charge in [0.05, 0.1) is 5.69 Å². The van der Waals surface area contributed by atoms with E-state index in [1.54, 1.807) is 34.9 Å². The first-order valence-corrected chi connectivity index (χ1v) is 12.3. The minimum absolute atomic E-state index is 0.0465. The molecule has 1 spiro atoms. The Kier molecular flexibility index (Phi) is 6.06. The SMILES string of the molecule is O=C1CC2(CCN(C(=O)NCc3ccc(F)c(N4CCCC4=O)c3)CC2)Sc2ccc(F)cc21. The highest BCUT2D eigenvalue weighted by atomic mass is 32.2. The molecule has 0 aliphatic carbocycles. The van der Waals surface area contributed by atoms with Crippen LogP contribution in [0.25, 0.3) is 0 Å². The molecule has 6 nitrogen and oxygen atoms in total. The van der Waals surface area contributed by atoms with Gasteiger partial charge in [-0.05, 0) is 55.2 Å². The summed E-state index contributed by atoms with van der Waals surface area (Å²) < 4.78 is 27.5. The first-order valence-electron chi connectivity index (χ1n) is 11.5. The number of hydrogen-bond donors (Lipinski definition) is 1. The van der Waals surface area contributed by atoms with E-state index in [9.17, 15) is 23.2 Å². The second kappa shape index (κ2) is 9.02. The molecule has 3 amide bonds. The number of anilines is 1. The minimum atomic E-state index is -0.449. The van der Waals surface area contributed by atoms with Crippen LogP contribution >= 0.6 is 11.8 Å². The van der Waals surface area contributed by atoms with Crippen LogP contribution in [-0.2, 0) is 11.3 Å². The third-order valence-corrected chi connectivity index (χ3v) is 8.39. The molecule has 2 fully saturated rings.